The number of carbonyl (C=O) groups is 5. The average Bonchev–Trinajstić information content (AvgIpc) is 2.79. The minimum Gasteiger partial charge on any atom is -0.469 e. The Kier molecular flexibility index (Phi) is 6.50. The van der Waals surface area contributed by atoms with Crippen LogP contribution in [0.2, 0.25) is 0 Å². The predicted molar refractivity (Wildman–Crippen MR) is 118 cm³/mol. The number of ketones is 1. The first kappa shape index (κ1) is 24.7. The van der Waals surface area contributed by atoms with Gasteiger partial charge in [-0.3, -0.25) is 24.0 Å². The molecule has 0 aromatic carbocycles. The number of methoxy groups -OCH3 is 1. The molecule has 2 saturated heterocycles. The van der Waals surface area contributed by atoms with Crippen LogP contribution < -0.4 is 0 Å². The first-order valence-electron chi connectivity index (χ1n) is 12.3. The number of piperidine rings is 1. The molecule has 2 aliphatic heterocycles. The Morgan fingerprint density at radius 2 is 1.74 bits per heavy atom. The van der Waals surface area contributed by atoms with Crippen molar-refractivity contribution in [2.24, 2.45) is 28.6 Å². The van der Waals surface area contributed by atoms with Crippen LogP contribution in [-0.4, -0.2) is 66.9 Å². The van der Waals surface area contributed by atoms with Gasteiger partial charge in [0.1, 0.15) is 0 Å². The second-order valence-electron chi connectivity index (χ2n) is 10.9. The first-order valence-corrected chi connectivity index (χ1v) is 12.3. The van der Waals surface area contributed by atoms with Crippen LogP contribution in [0.25, 0.3) is 0 Å². The van der Waals surface area contributed by atoms with Crippen molar-refractivity contribution in [1.29, 1.82) is 0 Å². The Morgan fingerprint density at radius 1 is 1.06 bits per heavy atom. The van der Waals surface area contributed by atoms with Gasteiger partial charge in [0, 0.05) is 38.8 Å². The number of cyclic esters (lactones) is 1. The lowest BCUT2D eigenvalue weighted by molar-refractivity contribution is -0.211. The Bertz CT molecular complexity index is 895. The molecule has 9 heteroatoms. The fourth-order valence-electron chi connectivity index (χ4n) is 7.28. The largest absolute Gasteiger partial charge is 0.469 e. The second kappa shape index (κ2) is 8.96. The number of Topliss-reactive ketones (excluding diaryl/α,β-unsaturated/α-hetero) is 1. The maximum atomic E-state index is 13.8. The van der Waals surface area contributed by atoms with Crippen molar-refractivity contribution in [1.82, 2.24) is 4.90 Å². The quantitative estimate of drug-likeness (QED) is 0.448. The van der Waals surface area contributed by atoms with Gasteiger partial charge < -0.3 is 19.1 Å². The summed E-state index contributed by atoms with van der Waals surface area (Å²) < 4.78 is 16.1. The highest BCUT2D eigenvalue weighted by atomic mass is 16.6. The number of hydrogen-bond donors (Lipinski definition) is 0. The van der Waals surface area contributed by atoms with Crippen LogP contribution in [0.3, 0.4) is 0 Å². The van der Waals surface area contributed by atoms with E-state index in [9.17, 15) is 24.0 Å². The molecular weight excluding hydrogens is 442 g/mol. The van der Waals surface area contributed by atoms with Crippen LogP contribution >= 0.6 is 0 Å². The molecule has 2 aliphatic carbocycles. The van der Waals surface area contributed by atoms with E-state index >= 15 is 0 Å². The van der Waals surface area contributed by atoms with Gasteiger partial charge in [0.05, 0.1) is 18.9 Å². The molecule has 0 spiro atoms. The molecule has 0 unspecified atom stereocenters. The lowest BCUT2D eigenvalue weighted by Crippen LogP contribution is -2.66. The molecule has 0 N–H and O–H groups in total. The van der Waals surface area contributed by atoms with Crippen molar-refractivity contribution in [3.05, 3.63) is 0 Å². The fraction of sp³-hybridized carbons (Fsp3) is 0.800. The van der Waals surface area contributed by atoms with E-state index in [2.05, 4.69) is 0 Å². The minimum absolute atomic E-state index is 0.0550. The number of nitrogens with zero attached hydrogens (tertiary/aromatic N) is 1. The molecular formula is C25H35NO8. The smallest absolute Gasteiger partial charge is 0.310 e. The van der Waals surface area contributed by atoms with Gasteiger partial charge in [-0.1, -0.05) is 13.8 Å². The molecule has 0 bridgehead atoms. The molecule has 0 radical (unpaired) electrons. The van der Waals surface area contributed by atoms with E-state index in [0.29, 0.717) is 25.9 Å². The summed E-state index contributed by atoms with van der Waals surface area (Å²) in [4.78, 5) is 66.6. The molecule has 34 heavy (non-hydrogen) atoms. The maximum absolute atomic E-state index is 13.8. The molecule has 2 heterocycles. The fourth-order valence-corrected chi connectivity index (χ4v) is 7.28. The molecule has 188 valence electrons. The molecule has 4 rings (SSSR count). The molecule has 2 saturated carbocycles. The van der Waals surface area contributed by atoms with Gasteiger partial charge in [-0.25, -0.2) is 0 Å². The Morgan fingerprint density at radius 3 is 2.35 bits per heavy atom. The summed E-state index contributed by atoms with van der Waals surface area (Å²) in [5, 5.41) is 0. The molecule has 0 aromatic heterocycles. The van der Waals surface area contributed by atoms with Gasteiger partial charge in [0.15, 0.2) is 18.0 Å². The van der Waals surface area contributed by atoms with E-state index in [1.165, 1.54) is 14.0 Å². The van der Waals surface area contributed by atoms with Crippen LogP contribution in [0, 0.1) is 28.6 Å². The van der Waals surface area contributed by atoms with Crippen molar-refractivity contribution < 1.29 is 38.2 Å². The third-order valence-electron chi connectivity index (χ3n) is 8.84. The van der Waals surface area contributed by atoms with Gasteiger partial charge >= 0.3 is 17.9 Å². The van der Waals surface area contributed by atoms with Crippen molar-refractivity contribution in [2.45, 2.75) is 77.9 Å². The Balaban J connectivity index is 1.72. The summed E-state index contributed by atoms with van der Waals surface area (Å²) in [6.45, 7) is 6.24. The van der Waals surface area contributed by atoms with Gasteiger partial charge in [-0.05, 0) is 42.9 Å². The van der Waals surface area contributed by atoms with Crippen LogP contribution in [0.15, 0.2) is 0 Å². The number of esters is 3. The van der Waals surface area contributed by atoms with Gasteiger partial charge in [0.25, 0.3) is 5.91 Å². The van der Waals surface area contributed by atoms with E-state index in [0.717, 1.165) is 19.3 Å². The topological polar surface area (TPSA) is 116 Å². The van der Waals surface area contributed by atoms with E-state index in [-0.39, 0.29) is 24.5 Å². The van der Waals surface area contributed by atoms with E-state index in [1.54, 1.807) is 4.90 Å². The van der Waals surface area contributed by atoms with Gasteiger partial charge in [-0.2, -0.15) is 0 Å². The molecule has 1 amide bonds. The third kappa shape index (κ3) is 3.90. The maximum Gasteiger partial charge on any atom is 0.310 e. The number of ether oxygens (including phenoxy) is 3. The highest BCUT2D eigenvalue weighted by molar-refractivity contribution is 5.94. The van der Waals surface area contributed by atoms with Crippen molar-refractivity contribution >= 4 is 29.6 Å². The number of hydrogen-bond acceptors (Lipinski definition) is 8. The van der Waals surface area contributed by atoms with E-state index in [4.69, 9.17) is 14.2 Å². The molecule has 7 atom stereocenters. The summed E-state index contributed by atoms with van der Waals surface area (Å²) in [5.41, 5.74) is -1.71. The lowest BCUT2D eigenvalue weighted by Gasteiger charge is -2.60. The predicted octanol–water partition coefficient (Wildman–Crippen LogP) is 2.05. The second-order valence-corrected chi connectivity index (χ2v) is 10.9. The molecule has 9 nitrogen and oxygen atoms in total. The van der Waals surface area contributed by atoms with Crippen molar-refractivity contribution in [3.63, 3.8) is 0 Å². The Hall–Kier alpha value is -2.45. The summed E-state index contributed by atoms with van der Waals surface area (Å²) >= 11 is 0. The minimum atomic E-state index is -1.09. The summed E-state index contributed by atoms with van der Waals surface area (Å²) in [6.07, 6.45) is 1.99. The highest BCUT2D eigenvalue weighted by Gasteiger charge is 2.68. The first-order chi connectivity index (χ1) is 16.0. The number of rotatable bonds is 3. The average molecular weight is 478 g/mol. The summed E-state index contributed by atoms with van der Waals surface area (Å²) in [7, 11) is 1.30. The number of carbonyl (C=O) groups excluding carboxylic acids is 5. The number of likely N-dealkylation sites (tertiary alicyclic amines) is 1. The molecule has 0 aromatic rings. The SMILES string of the molecule is COC(=O)[C@@H]1C[C@H](OC(C)=O)C(=O)[C@H]2[C@@]1(C)CC[C@H]1C(=O)O[C@H](C(=O)N3CCCCC3)C[C@]21C. The number of fused-ring (bicyclic) bond motifs is 3. The van der Waals surface area contributed by atoms with Crippen LogP contribution in [0.4, 0.5) is 0 Å². The van der Waals surface area contributed by atoms with Crippen LogP contribution in [0.5, 0.6) is 0 Å². The van der Waals surface area contributed by atoms with Crippen molar-refractivity contribution in [3.8, 4) is 0 Å². The normalized spacial score (nSPS) is 39.9. The molecule has 4 aliphatic rings. The monoisotopic (exact) mass is 477 g/mol. The zero-order chi connectivity index (χ0) is 24.8. The van der Waals surface area contributed by atoms with Gasteiger partial charge in [-0.15, -0.1) is 0 Å². The van der Waals surface area contributed by atoms with Crippen molar-refractivity contribution in [2.75, 3.05) is 20.2 Å². The van der Waals surface area contributed by atoms with Crippen LogP contribution in [0.1, 0.15) is 65.7 Å². The summed E-state index contributed by atoms with van der Waals surface area (Å²) in [5.74, 6) is -4.05. The summed E-state index contributed by atoms with van der Waals surface area (Å²) in [6, 6.07) is 0. The number of amides is 1. The standard InChI is InChI=1S/C25H35NO8/c1-14(27)33-17-12-16(22(30)32-4)24(2)9-8-15-23(31)34-18(13-25(15,3)20(24)19(17)28)21(29)26-10-6-5-7-11-26/h15-18,20H,5-13H2,1-4H3/t15-,16-,17-,18-,20-,24-,25-/m0/s1. The third-order valence-corrected chi connectivity index (χ3v) is 8.84. The zero-order valence-corrected chi connectivity index (χ0v) is 20.5. The van der Waals surface area contributed by atoms with Gasteiger partial charge in [0.2, 0.25) is 0 Å². The molecule has 4 fully saturated rings. The zero-order valence-electron chi connectivity index (χ0n) is 20.5. The lowest BCUT2D eigenvalue weighted by atomic mass is 9.43. The highest BCUT2D eigenvalue weighted by Crippen LogP contribution is 2.64. The Labute approximate surface area is 199 Å². The van der Waals surface area contributed by atoms with E-state index in [1.807, 2.05) is 13.8 Å². The van der Waals surface area contributed by atoms with Crippen LogP contribution in [-0.2, 0) is 38.2 Å². The van der Waals surface area contributed by atoms with E-state index < -0.39 is 58.7 Å².